The predicted molar refractivity (Wildman–Crippen MR) is 205 cm³/mol. The molecule has 1 unspecified atom stereocenters. The molecule has 0 radical (unpaired) electrons. The van der Waals surface area contributed by atoms with Gasteiger partial charge in [-0.2, -0.15) is 5.21 Å². The minimum Gasteiger partial charge on any atom is -0.444 e. The molecular weight excluding hydrogens is 670 g/mol. The Balaban J connectivity index is 1.09. The van der Waals surface area contributed by atoms with E-state index in [0.717, 1.165) is 61.3 Å². The van der Waals surface area contributed by atoms with Crippen LogP contribution in [-0.2, 0) is 20.7 Å². The molecule has 1 aliphatic carbocycles. The van der Waals surface area contributed by atoms with Crippen LogP contribution < -0.4 is 20.9 Å². The molecule has 1 saturated heterocycles. The van der Waals surface area contributed by atoms with Crippen LogP contribution in [0.3, 0.4) is 0 Å². The van der Waals surface area contributed by atoms with Crippen molar-refractivity contribution in [3.05, 3.63) is 78.4 Å². The molecule has 53 heavy (non-hydrogen) atoms. The Morgan fingerprint density at radius 2 is 1.47 bits per heavy atom. The van der Waals surface area contributed by atoms with Crippen molar-refractivity contribution in [2.75, 3.05) is 50.0 Å². The predicted octanol–water partition coefficient (Wildman–Crippen LogP) is 5.28. The molecule has 4 aromatic rings. The maximum absolute atomic E-state index is 13.8. The first kappa shape index (κ1) is 37.5. The van der Waals surface area contributed by atoms with Crippen molar-refractivity contribution >= 4 is 29.3 Å². The molecule has 3 amide bonds. The number of ether oxygens (including phenoxy) is 1. The number of aromatic amines is 1. The molecule has 2 heterocycles. The van der Waals surface area contributed by atoms with Gasteiger partial charge in [0.15, 0.2) is 0 Å². The van der Waals surface area contributed by atoms with E-state index in [1.165, 1.54) is 5.69 Å². The zero-order valence-electron chi connectivity index (χ0n) is 31.1. The van der Waals surface area contributed by atoms with Gasteiger partial charge in [-0.05, 0) is 118 Å². The molecular formula is C40H51N9O4. The normalized spacial score (nSPS) is 18.5. The Kier molecular flexibility index (Phi) is 12.0. The minimum absolute atomic E-state index is 0.131. The van der Waals surface area contributed by atoms with Gasteiger partial charge in [0.25, 0.3) is 0 Å². The Morgan fingerprint density at radius 1 is 0.849 bits per heavy atom. The Morgan fingerprint density at radius 3 is 2.08 bits per heavy atom. The summed E-state index contributed by atoms with van der Waals surface area (Å²) in [7, 11) is 2.16. The lowest BCUT2D eigenvalue weighted by atomic mass is 9.81. The lowest BCUT2D eigenvalue weighted by Crippen LogP contribution is -2.48. The zero-order valence-corrected chi connectivity index (χ0v) is 31.1. The molecule has 3 aromatic carbocycles. The van der Waals surface area contributed by atoms with Crippen LogP contribution in [0, 0.1) is 11.8 Å². The summed E-state index contributed by atoms with van der Waals surface area (Å²) >= 11 is 0. The maximum Gasteiger partial charge on any atom is 0.407 e. The molecule has 280 valence electrons. The number of hydrogen-bond donors (Lipinski definition) is 4. The number of aromatic nitrogens is 4. The van der Waals surface area contributed by atoms with Gasteiger partial charge in [-0.25, -0.2) is 4.79 Å². The van der Waals surface area contributed by atoms with E-state index >= 15 is 0 Å². The largest absolute Gasteiger partial charge is 0.444 e. The third-order valence-electron chi connectivity index (χ3n) is 10.0. The van der Waals surface area contributed by atoms with Crippen molar-refractivity contribution < 1.29 is 19.1 Å². The molecule has 2 aliphatic rings. The third-order valence-corrected chi connectivity index (χ3v) is 10.0. The second-order valence-corrected chi connectivity index (χ2v) is 15.2. The number of carbonyl (C=O) groups is 3. The lowest BCUT2D eigenvalue weighted by molar-refractivity contribution is -0.130. The van der Waals surface area contributed by atoms with Crippen molar-refractivity contribution in [1.82, 2.24) is 36.2 Å². The van der Waals surface area contributed by atoms with Crippen LogP contribution in [-0.4, -0.2) is 94.8 Å². The molecule has 0 bridgehead atoms. The fraction of sp³-hybridized carbons (Fsp3) is 0.450. The van der Waals surface area contributed by atoms with Gasteiger partial charge in [-0.3, -0.25) is 9.59 Å². The summed E-state index contributed by atoms with van der Waals surface area (Å²) in [6.45, 7) is 10.2. The molecule has 1 saturated carbocycles. The van der Waals surface area contributed by atoms with Gasteiger partial charge in [0, 0.05) is 62.0 Å². The first-order valence-corrected chi connectivity index (χ1v) is 18.5. The summed E-state index contributed by atoms with van der Waals surface area (Å²) in [6, 6.07) is 23.3. The lowest BCUT2D eigenvalue weighted by Gasteiger charge is -2.34. The van der Waals surface area contributed by atoms with Gasteiger partial charge in [0.1, 0.15) is 11.6 Å². The smallest absolute Gasteiger partial charge is 0.407 e. The Hall–Kier alpha value is -5.30. The van der Waals surface area contributed by atoms with E-state index in [2.05, 4.69) is 89.8 Å². The van der Waals surface area contributed by atoms with Crippen LogP contribution in [0.4, 0.5) is 16.2 Å². The number of alkyl carbamates (subject to hydrolysis) is 1. The van der Waals surface area contributed by atoms with Crippen LogP contribution in [0.15, 0.2) is 72.8 Å². The van der Waals surface area contributed by atoms with Gasteiger partial charge in [0.2, 0.25) is 17.6 Å². The van der Waals surface area contributed by atoms with E-state index in [-0.39, 0.29) is 23.7 Å². The highest BCUT2D eigenvalue weighted by molar-refractivity contribution is 5.97. The van der Waals surface area contributed by atoms with Crippen LogP contribution in [0.25, 0.3) is 22.5 Å². The number of amides is 3. The zero-order chi connectivity index (χ0) is 37.4. The number of nitrogens with one attached hydrogen (secondary N) is 4. The average molecular weight is 722 g/mol. The number of piperazine rings is 1. The van der Waals surface area contributed by atoms with E-state index in [1.807, 2.05) is 32.9 Å². The highest BCUT2D eigenvalue weighted by Gasteiger charge is 2.30. The summed E-state index contributed by atoms with van der Waals surface area (Å²) in [5.74, 6) is 0.0755. The number of carbonyl (C=O) groups excluding carboxylic acids is 3. The number of H-pyrrole nitrogens is 1. The van der Waals surface area contributed by atoms with Gasteiger partial charge in [0.05, 0.1) is 0 Å². The average Bonchev–Trinajstić information content (AvgIpc) is 3.70. The maximum atomic E-state index is 13.8. The second kappa shape index (κ2) is 17.0. The minimum atomic E-state index is -0.792. The van der Waals surface area contributed by atoms with Crippen LogP contribution >= 0.6 is 0 Å². The molecule has 1 aromatic heterocycles. The van der Waals surface area contributed by atoms with Crippen molar-refractivity contribution in [3.8, 4) is 22.5 Å². The number of hydrogen-bond acceptors (Lipinski definition) is 9. The first-order valence-electron chi connectivity index (χ1n) is 18.5. The monoisotopic (exact) mass is 721 g/mol. The topological polar surface area (TPSA) is 157 Å². The first-order chi connectivity index (χ1) is 25.5. The van der Waals surface area contributed by atoms with E-state index in [0.29, 0.717) is 37.3 Å². The summed E-state index contributed by atoms with van der Waals surface area (Å²) in [5, 5.41) is 23.0. The standard InChI is InChI=1S/C40H51N9O4/c1-40(2,3)53-39(52)41-26-28-7-11-32(12-8-28)37(50)43-35(38(51)42-33-17-13-31(14-18-33)36-44-46-47-45-36)25-27-5-9-29(10-6-27)30-15-19-34(20-16-30)49-23-21-48(4)22-24-49/h5-6,9-10,13-20,28,32,35H,7-8,11-12,21-26H2,1-4H3,(H,41,52)(H,42,51)(H,43,50)(H,44,45,46,47). The van der Waals surface area contributed by atoms with Crippen molar-refractivity contribution in [2.24, 2.45) is 11.8 Å². The van der Waals surface area contributed by atoms with Crippen LogP contribution in [0.2, 0.25) is 0 Å². The molecule has 2 fully saturated rings. The number of benzene rings is 3. The SMILES string of the molecule is CN1CCN(c2ccc(-c3ccc(CC(NC(=O)C4CCC(CNC(=O)OC(C)(C)C)CC4)C(=O)Nc4ccc(-c5nn[nH]n5)cc4)cc3)cc2)CC1. The number of nitrogens with zero attached hydrogens (tertiary/aromatic N) is 5. The van der Waals surface area contributed by atoms with E-state index < -0.39 is 17.7 Å². The van der Waals surface area contributed by atoms with Gasteiger partial charge in [-0.15, -0.1) is 10.2 Å². The van der Waals surface area contributed by atoms with Gasteiger partial charge < -0.3 is 30.5 Å². The summed E-state index contributed by atoms with van der Waals surface area (Å²) < 4.78 is 5.36. The van der Waals surface area contributed by atoms with E-state index in [1.54, 1.807) is 24.3 Å². The van der Waals surface area contributed by atoms with E-state index in [4.69, 9.17) is 4.74 Å². The quantitative estimate of drug-likeness (QED) is 0.162. The second-order valence-electron chi connectivity index (χ2n) is 15.2. The molecule has 1 atom stereocenters. The van der Waals surface area contributed by atoms with Crippen molar-refractivity contribution in [3.63, 3.8) is 0 Å². The fourth-order valence-corrected chi connectivity index (χ4v) is 6.88. The van der Waals surface area contributed by atoms with Crippen molar-refractivity contribution in [1.29, 1.82) is 0 Å². The third kappa shape index (κ3) is 10.6. The van der Waals surface area contributed by atoms with Gasteiger partial charge in [-0.1, -0.05) is 36.4 Å². The summed E-state index contributed by atoms with van der Waals surface area (Å²) in [6.07, 6.45) is 2.87. The molecule has 1 aliphatic heterocycles. The highest BCUT2D eigenvalue weighted by Crippen LogP contribution is 2.29. The van der Waals surface area contributed by atoms with Crippen LogP contribution in [0.5, 0.6) is 0 Å². The fourth-order valence-electron chi connectivity index (χ4n) is 6.88. The summed E-state index contributed by atoms with van der Waals surface area (Å²) in [4.78, 5) is 44.3. The number of rotatable bonds is 11. The molecule has 6 rings (SSSR count). The molecule has 0 spiro atoms. The summed E-state index contributed by atoms with van der Waals surface area (Å²) in [5.41, 5.74) is 5.18. The Bertz CT molecular complexity index is 1790. The van der Waals surface area contributed by atoms with Gasteiger partial charge >= 0.3 is 6.09 Å². The number of anilines is 2. The Labute approximate surface area is 311 Å². The van der Waals surface area contributed by atoms with Crippen LogP contribution in [0.1, 0.15) is 52.0 Å². The molecule has 13 nitrogen and oxygen atoms in total. The molecule has 4 N–H and O–H groups in total. The van der Waals surface area contributed by atoms with Crippen molar-refractivity contribution in [2.45, 2.75) is 64.5 Å². The number of likely N-dealkylation sites (N-methyl/N-ethyl adjacent to an activating group) is 1. The van der Waals surface area contributed by atoms with E-state index in [9.17, 15) is 14.4 Å². The molecule has 13 heteroatoms. The highest BCUT2D eigenvalue weighted by atomic mass is 16.6. The number of tetrazole rings is 1.